The summed E-state index contributed by atoms with van der Waals surface area (Å²) in [6, 6.07) is 1.16. The molecule has 106 valence electrons. The van der Waals surface area contributed by atoms with Crippen LogP contribution in [0.1, 0.15) is 52.9 Å². The van der Waals surface area contributed by atoms with E-state index in [1.54, 1.807) is 0 Å². The molecule has 1 fully saturated rings. The Bertz CT molecular complexity index is 240. The molecule has 0 aromatic heterocycles. The van der Waals surface area contributed by atoms with E-state index in [0.29, 0.717) is 18.0 Å². The monoisotopic (exact) mass is 253 g/mol. The van der Waals surface area contributed by atoms with Crippen molar-refractivity contribution in [2.24, 2.45) is 11.7 Å². The number of hydrogen-bond acceptors (Lipinski definition) is 3. The molecule has 1 aliphatic carbocycles. The third kappa shape index (κ3) is 5.87. The van der Waals surface area contributed by atoms with Crippen LogP contribution in [-0.4, -0.2) is 25.2 Å². The predicted molar refractivity (Wildman–Crippen MR) is 79.4 cm³/mol. The lowest BCUT2D eigenvalue weighted by atomic mass is 9.92. The maximum absolute atomic E-state index is 5.91. The molecule has 1 saturated carbocycles. The Morgan fingerprint density at radius 1 is 1.22 bits per heavy atom. The second kappa shape index (κ2) is 8.54. The second-order valence-corrected chi connectivity index (χ2v) is 5.74. The topological polar surface area (TPSA) is 50.1 Å². The molecule has 0 heterocycles. The van der Waals surface area contributed by atoms with Gasteiger partial charge in [-0.3, -0.25) is 0 Å². The summed E-state index contributed by atoms with van der Waals surface area (Å²) in [4.78, 5) is 0. The first-order valence-corrected chi connectivity index (χ1v) is 7.52. The Balaban J connectivity index is 2.02. The third-order valence-electron chi connectivity index (χ3n) is 3.82. The van der Waals surface area contributed by atoms with E-state index in [0.717, 1.165) is 13.1 Å². The van der Waals surface area contributed by atoms with Crippen molar-refractivity contribution in [2.45, 2.75) is 65.0 Å². The molecule has 0 bridgehead atoms. The van der Waals surface area contributed by atoms with E-state index in [1.165, 1.54) is 37.8 Å². The summed E-state index contributed by atoms with van der Waals surface area (Å²) in [7, 11) is 0. The Morgan fingerprint density at radius 2 is 1.89 bits per heavy atom. The normalized spacial score (nSPS) is 25.5. The first-order chi connectivity index (χ1) is 8.63. The van der Waals surface area contributed by atoms with E-state index in [4.69, 9.17) is 5.73 Å². The van der Waals surface area contributed by atoms with Crippen LogP contribution in [0.15, 0.2) is 11.8 Å². The summed E-state index contributed by atoms with van der Waals surface area (Å²) in [5.41, 5.74) is 7.27. The fraction of sp³-hybridized carbons (Fsp3) is 0.867. The summed E-state index contributed by atoms with van der Waals surface area (Å²) in [6.45, 7) is 8.74. The van der Waals surface area contributed by atoms with Crippen molar-refractivity contribution in [3.63, 3.8) is 0 Å². The molecule has 4 N–H and O–H groups in total. The van der Waals surface area contributed by atoms with Crippen LogP contribution < -0.4 is 16.4 Å². The van der Waals surface area contributed by atoms with Crippen LogP contribution in [0, 0.1) is 5.92 Å². The summed E-state index contributed by atoms with van der Waals surface area (Å²) in [6.07, 6.45) is 8.24. The molecule has 0 atom stereocenters. The molecule has 0 aromatic rings. The van der Waals surface area contributed by atoms with Crippen molar-refractivity contribution in [1.29, 1.82) is 0 Å². The zero-order valence-electron chi connectivity index (χ0n) is 12.3. The standard InChI is InChI=1S/C15H31N3/c1-4-15(12(2)3)18-11-5-10-17-14-8-6-13(16)7-9-14/h4,12-14,17-18H,5-11,16H2,1-3H3/b15-4-. The minimum absolute atomic E-state index is 0.452. The fourth-order valence-electron chi connectivity index (χ4n) is 2.59. The molecule has 0 amide bonds. The van der Waals surface area contributed by atoms with Crippen LogP contribution in [0.25, 0.3) is 0 Å². The van der Waals surface area contributed by atoms with Crippen LogP contribution in [0.2, 0.25) is 0 Å². The van der Waals surface area contributed by atoms with Gasteiger partial charge in [-0.25, -0.2) is 0 Å². The van der Waals surface area contributed by atoms with Gasteiger partial charge in [0, 0.05) is 24.3 Å². The van der Waals surface area contributed by atoms with Crippen molar-refractivity contribution in [2.75, 3.05) is 13.1 Å². The molecule has 3 heteroatoms. The van der Waals surface area contributed by atoms with Crippen molar-refractivity contribution < 1.29 is 0 Å². The van der Waals surface area contributed by atoms with E-state index in [2.05, 4.69) is 37.5 Å². The third-order valence-corrected chi connectivity index (χ3v) is 3.82. The van der Waals surface area contributed by atoms with Gasteiger partial charge < -0.3 is 16.4 Å². The second-order valence-electron chi connectivity index (χ2n) is 5.74. The summed E-state index contributed by atoms with van der Waals surface area (Å²) >= 11 is 0. The van der Waals surface area contributed by atoms with Crippen LogP contribution in [-0.2, 0) is 0 Å². The fourth-order valence-corrected chi connectivity index (χ4v) is 2.59. The minimum atomic E-state index is 0.452. The molecule has 18 heavy (non-hydrogen) atoms. The van der Waals surface area contributed by atoms with Gasteiger partial charge in [-0.2, -0.15) is 0 Å². The molecule has 0 aromatic carbocycles. The van der Waals surface area contributed by atoms with Crippen LogP contribution >= 0.6 is 0 Å². The molecule has 0 spiro atoms. The zero-order valence-corrected chi connectivity index (χ0v) is 12.3. The summed E-state index contributed by atoms with van der Waals surface area (Å²) in [5.74, 6) is 0.600. The van der Waals surface area contributed by atoms with Gasteiger partial charge in [0.05, 0.1) is 0 Å². The van der Waals surface area contributed by atoms with Gasteiger partial charge >= 0.3 is 0 Å². The maximum atomic E-state index is 5.91. The summed E-state index contributed by atoms with van der Waals surface area (Å²) < 4.78 is 0. The average Bonchev–Trinajstić information content (AvgIpc) is 2.35. The molecule has 0 unspecified atom stereocenters. The molecule has 1 rings (SSSR count). The van der Waals surface area contributed by atoms with E-state index >= 15 is 0 Å². The summed E-state index contributed by atoms with van der Waals surface area (Å²) in [5, 5.41) is 7.16. The van der Waals surface area contributed by atoms with Gasteiger partial charge in [-0.1, -0.05) is 19.9 Å². The van der Waals surface area contributed by atoms with Gasteiger partial charge in [0.25, 0.3) is 0 Å². The smallest absolute Gasteiger partial charge is 0.0156 e. The molecule has 0 radical (unpaired) electrons. The van der Waals surface area contributed by atoms with Crippen molar-refractivity contribution in [1.82, 2.24) is 10.6 Å². The number of rotatable bonds is 7. The first-order valence-electron chi connectivity index (χ1n) is 7.52. The first kappa shape index (κ1) is 15.5. The molecule has 3 nitrogen and oxygen atoms in total. The quantitative estimate of drug-likeness (QED) is 0.611. The molecule has 1 aliphatic rings. The van der Waals surface area contributed by atoms with E-state index in [1.807, 2.05) is 0 Å². The van der Waals surface area contributed by atoms with E-state index in [9.17, 15) is 0 Å². The lowest BCUT2D eigenvalue weighted by Gasteiger charge is -2.27. The largest absolute Gasteiger partial charge is 0.388 e. The SMILES string of the molecule is C/C=C(\NCCCNC1CCC(N)CC1)C(C)C. The van der Waals surface area contributed by atoms with Crippen molar-refractivity contribution in [3.05, 3.63) is 11.8 Å². The lowest BCUT2D eigenvalue weighted by molar-refractivity contribution is 0.342. The predicted octanol–water partition coefficient (Wildman–Crippen LogP) is 2.39. The van der Waals surface area contributed by atoms with Gasteiger partial charge in [-0.05, 0) is 51.5 Å². The Kier molecular flexibility index (Phi) is 7.36. The Morgan fingerprint density at radius 3 is 2.44 bits per heavy atom. The highest BCUT2D eigenvalue weighted by atomic mass is 14.9. The van der Waals surface area contributed by atoms with Gasteiger partial charge in [0.1, 0.15) is 0 Å². The van der Waals surface area contributed by atoms with Gasteiger partial charge in [0.15, 0.2) is 0 Å². The van der Waals surface area contributed by atoms with Gasteiger partial charge in [-0.15, -0.1) is 0 Å². The zero-order chi connectivity index (χ0) is 13.4. The Labute approximate surface area is 113 Å². The number of nitrogens with one attached hydrogen (secondary N) is 2. The highest BCUT2D eigenvalue weighted by Gasteiger charge is 2.17. The average molecular weight is 253 g/mol. The maximum Gasteiger partial charge on any atom is 0.0156 e. The van der Waals surface area contributed by atoms with Crippen LogP contribution in [0.4, 0.5) is 0 Å². The number of hydrogen-bond donors (Lipinski definition) is 3. The highest BCUT2D eigenvalue weighted by molar-refractivity contribution is 5.00. The van der Waals surface area contributed by atoms with Gasteiger partial charge in [0.2, 0.25) is 0 Å². The van der Waals surface area contributed by atoms with E-state index in [-0.39, 0.29) is 0 Å². The van der Waals surface area contributed by atoms with E-state index < -0.39 is 0 Å². The van der Waals surface area contributed by atoms with Crippen molar-refractivity contribution >= 4 is 0 Å². The molecular weight excluding hydrogens is 222 g/mol. The number of allylic oxidation sites excluding steroid dienone is 2. The number of nitrogens with two attached hydrogens (primary N) is 1. The van der Waals surface area contributed by atoms with Crippen LogP contribution in [0.3, 0.4) is 0 Å². The Hall–Kier alpha value is -0.540. The molecular formula is C15H31N3. The molecule has 0 saturated heterocycles. The van der Waals surface area contributed by atoms with Crippen molar-refractivity contribution in [3.8, 4) is 0 Å². The van der Waals surface area contributed by atoms with Crippen LogP contribution in [0.5, 0.6) is 0 Å². The lowest BCUT2D eigenvalue weighted by Crippen LogP contribution is -2.38. The molecule has 0 aliphatic heterocycles. The minimum Gasteiger partial charge on any atom is -0.388 e. The highest BCUT2D eigenvalue weighted by Crippen LogP contribution is 2.16.